The van der Waals surface area contributed by atoms with Crippen LogP contribution in [-0.4, -0.2) is 84.1 Å². The van der Waals surface area contributed by atoms with Gasteiger partial charge in [0.15, 0.2) is 0 Å². The number of para-hydroxylation sites is 1. The zero-order valence-electron chi connectivity index (χ0n) is 18.4. The molecule has 2 unspecified atom stereocenters. The number of ether oxygens (including phenoxy) is 2. The van der Waals surface area contributed by atoms with Crippen molar-refractivity contribution in [3.63, 3.8) is 0 Å². The number of pyridine rings is 1. The van der Waals surface area contributed by atoms with Crippen LogP contribution in [0.1, 0.15) is 11.7 Å². The van der Waals surface area contributed by atoms with Gasteiger partial charge in [0, 0.05) is 50.9 Å². The van der Waals surface area contributed by atoms with Gasteiger partial charge in [-0.3, -0.25) is 14.8 Å². The van der Waals surface area contributed by atoms with Crippen molar-refractivity contribution < 1.29 is 19.7 Å². The van der Waals surface area contributed by atoms with Crippen LogP contribution in [-0.2, 0) is 0 Å². The summed E-state index contributed by atoms with van der Waals surface area (Å²) in [6.45, 7) is 4.80. The van der Waals surface area contributed by atoms with Crippen molar-refractivity contribution in [1.82, 2.24) is 14.8 Å². The van der Waals surface area contributed by atoms with E-state index in [9.17, 15) is 10.2 Å². The van der Waals surface area contributed by atoms with Crippen LogP contribution in [0.4, 0.5) is 0 Å². The maximum atomic E-state index is 10.9. The fourth-order valence-electron chi connectivity index (χ4n) is 4.12. The number of aromatic nitrogens is 1. The first-order valence-electron chi connectivity index (χ1n) is 11.0. The van der Waals surface area contributed by atoms with E-state index in [2.05, 4.69) is 14.8 Å². The number of hydrogen-bond acceptors (Lipinski definition) is 7. The lowest BCUT2D eigenvalue weighted by molar-refractivity contribution is 0.0333. The topological polar surface area (TPSA) is 78.3 Å². The molecule has 170 valence electrons. The number of piperazine rings is 1. The van der Waals surface area contributed by atoms with E-state index >= 15 is 0 Å². The zero-order chi connectivity index (χ0) is 22.3. The van der Waals surface area contributed by atoms with Crippen LogP contribution >= 0.6 is 0 Å². The van der Waals surface area contributed by atoms with Crippen molar-refractivity contribution >= 4 is 10.9 Å². The molecule has 4 rings (SSSR count). The third kappa shape index (κ3) is 5.75. The molecule has 32 heavy (non-hydrogen) atoms. The van der Waals surface area contributed by atoms with E-state index in [1.165, 1.54) is 0 Å². The molecule has 0 saturated carbocycles. The fourth-order valence-corrected chi connectivity index (χ4v) is 4.12. The Balaban J connectivity index is 1.26. The normalized spacial score (nSPS) is 17.2. The van der Waals surface area contributed by atoms with E-state index in [0.29, 0.717) is 13.1 Å². The fraction of sp³-hybridized carbons (Fsp3) is 0.400. The molecule has 2 heterocycles. The van der Waals surface area contributed by atoms with E-state index in [1.54, 1.807) is 13.3 Å². The number of aliphatic hydroxyl groups excluding tert-OH is 2. The van der Waals surface area contributed by atoms with Crippen LogP contribution < -0.4 is 9.47 Å². The highest BCUT2D eigenvalue weighted by atomic mass is 16.5. The highest BCUT2D eigenvalue weighted by Gasteiger charge is 2.22. The number of benzene rings is 2. The second-order valence-electron chi connectivity index (χ2n) is 8.18. The molecule has 1 aromatic heterocycles. The standard InChI is InChI=1S/C25H31N3O4/c1-31-21-7-8-24-23(15-21)22(9-10-26-24)25(30)17-28-13-11-27(12-14-28)16-19(29)18-32-20-5-3-2-4-6-20/h2-10,15,19,25,29-30H,11-14,16-18H2,1H3. The molecule has 0 radical (unpaired) electrons. The second kappa shape index (κ2) is 10.7. The van der Waals surface area contributed by atoms with E-state index < -0.39 is 12.2 Å². The van der Waals surface area contributed by atoms with Gasteiger partial charge in [-0.15, -0.1) is 0 Å². The summed E-state index contributed by atoms with van der Waals surface area (Å²) in [6.07, 6.45) is 0.596. The summed E-state index contributed by atoms with van der Waals surface area (Å²) in [7, 11) is 1.64. The lowest BCUT2D eigenvalue weighted by Gasteiger charge is -2.36. The molecular formula is C25H31N3O4. The molecule has 2 N–H and O–H groups in total. The molecule has 0 spiro atoms. The van der Waals surface area contributed by atoms with E-state index in [4.69, 9.17) is 9.47 Å². The van der Waals surface area contributed by atoms with Gasteiger partial charge in [-0.1, -0.05) is 18.2 Å². The van der Waals surface area contributed by atoms with Gasteiger partial charge in [-0.05, 0) is 42.0 Å². The lowest BCUT2D eigenvalue weighted by Crippen LogP contribution is -2.50. The molecule has 1 aliphatic rings. The quantitative estimate of drug-likeness (QED) is 0.532. The summed E-state index contributed by atoms with van der Waals surface area (Å²) < 4.78 is 11.0. The van der Waals surface area contributed by atoms with Crippen LogP contribution in [0.5, 0.6) is 11.5 Å². The predicted octanol–water partition coefficient (Wildman–Crippen LogP) is 2.33. The van der Waals surface area contributed by atoms with Crippen molar-refractivity contribution in [2.24, 2.45) is 0 Å². The van der Waals surface area contributed by atoms with Crippen LogP contribution in [0.25, 0.3) is 10.9 Å². The Hall–Kier alpha value is -2.71. The van der Waals surface area contributed by atoms with Crippen molar-refractivity contribution in [3.05, 3.63) is 66.4 Å². The summed E-state index contributed by atoms with van der Waals surface area (Å²) >= 11 is 0. The third-order valence-corrected chi connectivity index (χ3v) is 5.89. The average Bonchev–Trinajstić information content (AvgIpc) is 2.84. The number of methoxy groups -OCH3 is 1. The van der Waals surface area contributed by atoms with Gasteiger partial charge < -0.3 is 19.7 Å². The van der Waals surface area contributed by atoms with Gasteiger partial charge in [0.1, 0.15) is 24.2 Å². The maximum Gasteiger partial charge on any atom is 0.119 e. The Labute approximate surface area is 188 Å². The largest absolute Gasteiger partial charge is 0.497 e. The van der Waals surface area contributed by atoms with Gasteiger partial charge in [0.2, 0.25) is 0 Å². The minimum atomic E-state index is -0.607. The molecule has 0 aliphatic carbocycles. The Morgan fingerprint density at radius 1 is 0.906 bits per heavy atom. The molecule has 2 aromatic carbocycles. The molecule has 3 aromatic rings. The van der Waals surface area contributed by atoms with Gasteiger partial charge in [-0.2, -0.15) is 0 Å². The van der Waals surface area contributed by atoms with Crippen molar-refractivity contribution in [2.45, 2.75) is 12.2 Å². The molecule has 1 saturated heterocycles. The predicted molar refractivity (Wildman–Crippen MR) is 124 cm³/mol. The molecule has 1 fully saturated rings. The SMILES string of the molecule is COc1ccc2nccc(C(O)CN3CCN(CC(O)COc4ccccc4)CC3)c2c1. The van der Waals surface area contributed by atoms with E-state index in [0.717, 1.165) is 54.1 Å². The Morgan fingerprint density at radius 2 is 1.62 bits per heavy atom. The van der Waals surface area contributed by atoms with Gasteiger partial charge >= 0.3 is 0 Å². The van der Waals surface area contributed by atoms with E-state index in [1.807, 2.05) is 54.6 Å². The number of rotatable bonds is 9. The highest BCUT2D eigenvalue weighted by molar-refractivity contribution is 5.83. The van der Waals surface area contributed by atoms with Gasteiger partial charge in [-0.25, -0.2) is 0 Å². The van der Waals surface area contributed by atoms with Crippen LogP contribution in [0.15, 0.2) is 60.8 Å². The molecule has 0 bridgehead atoms. The minimum Gasteiger partial charge on any atom is -0.497 e. The summed E-state index contributed by atoms with van der Waals surface area (Å²) in [6, 6.07) is 17.1. The molecular weight excluding hydrogens is 406 g/mol. The molecule has 7 heteroatoms. The van der Waals surface area contributed by atoms with Crippen LogP contribution in [0.3, 0.4) is 0 Å². The van der Waals surface area contributed by atoms with Crippen LogP contribution in [0, 0.1) is 0 Å². The Bertz CT molecular complexity index is 993. The number of β-amino-alcohol motifs (C(OH)–C–C–N with tert-alkyl or cyclic N) is 2. The molecule has 2 atom stereocenters. The number of aliphatic hydroxyl groups is 2. The highest BCUT2D eigenvalue weighted by Crippen LogP contribution is 2.27. The van der Waals surface area contributed by atoms with Crippen molar-refractivity contribution in [2.75, 3.05) is 53.0 Å². The van der Waals surface area contributed by atoms with Crippen LogP contribution in [0.2, 0.25) is 0 Å². The molecule has 7 nitrogen and oxygen atoms in total. The first kappa shape index (κ1) is 22.5. The van der Waals surface area contributed by atoms with Gasteiger partial charge in [0.05, 0.1) is 18.7 Å². The second-order valence-corrected chi connectivity index (χ2v) is 8.18. The number of fused-ring (bicyclic) bond motifs is 1. The third-order valence-electron chi connectivity index (χ3n) is 5.89. The monoisotopic (exact) mass is 437 g/mol. The summed E-state index contributed by atoms with van der Waals surface area (Å²) in [4.78, 5) is 8.91. The summed E-state index contributed by atoms with van der Waals surface area (Å²) in [5, 5.41) is 22.2. The molecule has 0 amide bonds. The number of hydrogen-bond donors (Lipinski definition) is 2. The first-order valence-corrected chi connectivity index (χ1v) is 11.0. The lowest BCUT2D eigenvalue weighted by atomic mass is 10.0. The first-order chi connectivity index (χ1) is 15.6. The van der Waals surface area contributed by atoms with Crippen molar-refractivity contribution in [1.29, 1.82) is 0 Å². The average molecular weight is 438 g/mol. The Kier molecular flexibility index (Phi) is 7.55. The zero-order valence-corrected chi connectivity index (χ0v) is 18.4. The smallest absolute Gasteiger partial charge is 0.119 e. The minimum absolute atomic E-state index is 0.279. The number of nitrogens with zero attached hydrogens (tertiary/aromatic N) is 3. The van der Waals surface area contributed by atoms with Crippen molar-refractivity contribution in [3.8, 4) is 11.5 Å². The maximum absolute atomic E-state index is 10.9. The summed E-state index contributed by atoms with van der Waals surface area (Å²) in [5.74, 6) is 1.52. The molecule has 1 aliphatic heterocycles. The summed E-state index contributed by atoms with van der Waals surface area (Å²) in [5.41, 5.74) is 1.71. The Morgan fingerprint density at radius 3 is 2.34 bits per heavy atom. The van der Waals surface area contributed by atoms with E-state index in [-0.39, 0.29) is 6.61 Å². The van der Waals surface area contributed by atoms with Gasteiger partial charge in [0.25, 0.3) is 0 Å².